The molecule has 0 saturated carbocycles. The molecule has 1 saturated heterocycles. The Labute approximate surface area is 127 Å². The Morgan fingerprint density at radius 1 is 1.29 bits per heavy atom. The fourth-order valence-electron chi connectivity index (χ4n) is 2.58. The van der Waals surface area contributed by atoms with Gasteiger partial charge >= 0.3 is 0 Å². The number of nitrogens with zero attached hydrogens (tertiary/aromatic N) is 1. The molecule has 6 heteroatoms. The average molecular weight is 312 g/mol. The molecule has 0 aliphatic carbocycles. The lowest BCUT2D eigenvalue weighted by Gasteiger charge is -2.36. The van der Waals surface area contributed by atoms with Gasteiger partial charge in [-0.25, -0.2) is 12.7 Å². The van der Waals surface area contributed by atoms with E-state index in [1.54, 1.807) is 26.2 Å². The number of sulfonamides is 1. The maximum absolute atomic E-state index is 12.4. The Hall–Kier alpha value is -1.11. The third kappa shape index (κ3) is 3.75. The number of hydrogen-bond acceptors (Lipinski definition) is 4. The molecule has 1 aliphatic rings. The van der Waals surface area contributed by atoms with Crippen molar-refractivity contribution in [1.29, 1.82) is 0 Å². The first kappa shape index (κ1) is 16.3. The monoisotopic (exact) mass is 312 g/mol. The van der Waals surface area contributed by atoms with Crippen molar-refractivity contribution >= 4 is 15.7 Å². The van der Waals surface area contributed by atoms with Gasteiger partial charge < -0.3 is 10.1 Å². The molecule has 0 aromatic heterocycles. The second kappa shape index (κ2) is 5.94. The number of para-hydroxylation sites is 1. The molecule has 1 aromatic carbocycles. The van der Waals surface area contributed by atoms with Crippen molar-refractivity contribution in [2.24, 2.45) is 0 Å². The van der Waals surface area contributed by atoms with Crippen LogP contribution in [0.1, 0.15) is 26.7 Å². The van der Waals surface area contributed by atoms with E-state index in [0.29, 0.717) is 17.2 Å². The summed E-state index contributed by atoms with van der Waals surface area (Å²) in [7, 11) is -0.357. The Morgan fingerprint density at radius 3 is 2.57 bits per heavy atom. The number of anilines is 1. The SMILES string of the molecule is CN(C)S(=O)(=O)c1ccccc1NC1CCOC(C)(C)C1. The van der Waals surface area contributed by atoms with Crippen LogP contribution in [-0.4, -0.2) is 45.1 Å². The predicted octanol–water partition coefficient (Wildman–Crippen LogP) is 2.31. The van der Waals surface area contributed by atoms with Crippen molar-refractivity contribution in [3.8, 4) is 0 Å². The van der Waals surface area contributed by atoms with Crippen molar-refractivity contribution < 1.29 is 13.2 Å². The second-order valence-corrected chi connectivity index (χ2v) is 8.35. The van der Waals surface area contributed by atoms with Crippen LogP contribution in [-0.2, 0) is 14.8 Å². The van der Waals surface area contributed by atoms with E-state index >= 15 is 0 Å². The fourth-order valence-corrected chi connectivity index (χ4v) is 3.63. The van der Waals surface area contributed by atoms with Gasteiger partial charge in [-0.3, -0.25) is 0 Å². The van der Waals surface area contributed by atoms with Crippen LogP contribution in [0, 0.1) is 0 Å². The smallest absolute Gasteiger partial charge is 0.244 e. The van der Waals surface area contributed by atoms with Gasteiger partial charge in [0.15, 0.2) is 0 Å². The van der Waals surface area contributed by atoms with Crippen molar-refractivity contribution in [2.75, 3.05) is 26.0 Å². The van der Waals surface area contributed by atoms with Gasteiger partial charge in [0.2, 0.25) is 10.0 Å². The van der Waals surface area contributed by atoms with Gasteiger partial charge in [0, 0.05) is 26.7 Å². The summed E-state index contributed by atoms with van der Waals surface area (Å²) in [5.74, 6) is 0. The van der Waals surface area contributed by atoms with Crippen molar-refractivity contribution in [2.45, 2.75) is 43.2 Å². The van der Waals surface area contributed by atoms with Gasteiger partial charge in [-0.05, 0) is 38.8 Å². The zero-order chi connectivity index (χ0) is 15.7. The molecule has 0 spiro atoms. The summed E-state index contributed by atoms with van der Waals surface area (Å²) in [5, 5.41) is 3.38. The zero-order valence-corrected chi connectivity index (χ0v) is 13.9. The minimum atomic E-state index is -3.45. The first-order valence-corrected chi connectivity index (χ1v) is 8.58. The summed E-state index contributed by atoms with van der Waals surface area (Å²) >= 11 is 0. The Balaban J connectivity index is 2.26. The van der Waals surface area contributed by atoms with E-state index in [1.165, 1.54) is 4.31 Å². The second-order valence-electron chi connectivity index (χ2n) is 6.23. The molecule has 118 valence electrons. The quantitative estimate of drug-likeness (QED) is 0.927. The highest BCUT2D eigenvalue weighted by atomic mass is 32.2. The standard InChI is InChI=1S/C15H24N2O3S/c1-15(2)11-12(9-10-20-15)16-13-7-5-6-8-14(13)21(18,19)17(3)4/h5-8,12,16H,9-11H2,1-4H3. The highest BCUT2D eigenvalue weighted by Crippen LogP contribution is 2.29. The predicted molar refractivity (Wildman–Crippen MR) is 84.0 cm³/mol. The lowest BCUT2D eigenvalue weighted by atomic mass is 9.94. The zero-order valence-electron chi connectivity index (χ0n) is 13.1. The van der Waals surface area contributed by atoms with Crippen molar-refractivity contribution in [1.82, 2.24) is 4.31 Å². The van der Waals surface area contributed by atoms with Gasteiger partial charge in [0.25, 0.3) is 0 Å². The lowest BCUT2D eigenvalue weighted by molar-refractivity contribution is -0.0553. The average Bonchev–Trinajstić information content (AvgIpc) is 2.37. The van der Waals surface area contributed by atoms with E-state index in [9.17, 15) is 8.42 Å². The van der Waals surface area contributed by atoms with Crippen LogP contribution in [0.3, 0.4) is 0 Å². The van der Waals surface area contributed by atoms with Crippen LogP contribution in [0.4, 0.5) is 5.69 Å². The summed E-state index contributed by atoms with van der Waals surface area (Å²) in [6.45, 7) is 4.81. The summed E-state index contributed by atoms with van der Waals surface area (Å²) in [5.41, 5.74) is 0.486. The number of ether oxygens (including phenoxy) is 1. The van der Waals surface area contributed by atoms with Gasteiger partial charge in [0.05, 0.1) is 11.3 Å². The van der Waals surface area contributed by atoms with Crippen LogP contribution in [0.5, 0.6) is 0 Å². The van der Waals surface area contributed by atoms with Gasteiger partial charge in [-0.15, -0.1) is 0 Å². The summed E-state index contributed by atoms with van der Waals surface area (Å²) < 4.78 is 31.7. The molecule has 5 nitrogen and oxygen atoms in total. The summed E-state index contributed by atoms with van der Waals surface area (Å²) in [4.78, 5) is 0.319. The van der Waals surface area contributed by atoms with E-state index in [1.807, 2.05) is 12.1 Å². The molecular formula is C15H24N2O3S. The molecule has 1 aliphatic heterocycles. The van der Waals surface area contributed by atoms with E-state index in [0.717, 1.165) is 12.8 Å². The molecule has 1 atom stereocenters. The van der Waals surface area contributed by atoms with Gasteiger partial charge in [0.1, 0.15) is 4.90 Å². The van der Waals surface area contributed by atoms with E-state index < -0.39 is 10.0 Å². The van der Waals surface area contributed by atoms with Crippen LogP contribution in [0.15, 0.2) is 29.2 Å². The molecule has 1 aromatic rings. The largest absolute Gasteiger partial charge is 0.381 e. The summed E-state index contributed by atoms with van der Waals surface area (Å²) in [6, 6.07) is 7.27. The third-order valence-electron chi connectivity index (χ3n) is 3.70. The first-order valence-electron chi connectivity index (χ1n) is 7.14. The van der Waals surface area contributed by atoms with Crippen LogP contribution in [0.25, 0.3) is 0 Å². The topological polar surface area (TPSA) is 58.6 Å². The molecule has 0 radical (unpaired) electrons. The van der Waals surface area contributed by atoms with Crippen molar-refractivity contribution in [3.63, 3.8) is 0 Å². The number of benzene rings is 1. The molecule has 1 fully saturated rings. The number of hydrogen-bond donors (Lipinski definition) is 1. The molecular weight excluding hydrogens is 288 g/mol. The minimum absolute atomic E-state index is 0.175. The Morgan fingerprint density at radius 2 is 1.95 bits per heavy atom. The van der Waals surface area contributed by atoms with Crippen LogP contribution >= 0.6 is 0 Å². The van der Waals surface area contributed by atoms with Crippen LogP contribution in [0.2, 0.25) is 0 Å². The van der Waals surface area contributed by atoms with E-state index in [2.05, 4.69) is 19.2 Å². The van der Waals surface area contributed by atoms with E-state index in [4.69, 9.17) is 4.74 Å². The molecule has 1 N–H and O–H groups in total. The van der Waals surface area contributed by atoms with Crippen LogP contribution < -0.4 is 5.32 Å². The maximum Gasteiger partial charge on any atom is 0.244 e. The first-order chi connectivity index (χ1) is 9.72. The molecule has 0 amide bonds. The summed E-state index contributed by atoms with van der Waals surface area (Å²) in [6.07, 6.45) is 1.73. The highest BCUT2D eigenvalue weighted by molar-refractivity contribution is 7.89. The maximum atomic E-state index is 12.4. The Bertz CT molecular complexity index is 597. The molecule has 21 heavy (non-hydrogen) atoms. The fraction of sp³-hybridized carbons (Fsp3) is 0.600. The third-order valence-corrected chi connectivity index (χ3v) is 5.58. The molecule has 0 bridgehead atoms. The minimum Gasteiger partial charge on any atom is -0.381 e. The Kier molecular flexibility index (Phi) is 4.60. The number of rotatable bonds is 4. The van der Waals surface area contributed by atoms with Gasteiger partial charge in [-0.2, -0.15) is 0 Å². The lowest BCUT2D eigenvalue weighted by Crippen LogP contribution is -2.40. The highest BCUT2D eigenvalue weighted by Gasteiger charge is 2.30. The number of nitrogens with one attached hydrogen (secondary N) is 1. The molecule has 1 heterocycles. The normalized spacial score (nSPS) is 22.2. The van der Waals surface area contributed by atoms with E-state index in [-0.39, 0.29) is 11.6 Å². The molecule has 2 rings (SSSR count). The van der Waals surface area contributed by atoms with Crippen molar-refractivity contribution in [3.05, 3.63) is 24.3 Å². The van der Waals surface area contributed by atoms with Gasteiger partial charge in [-0.1, -0.05) is 12.1 Å². The molecule has 1 unspecified atom stereocenters.